The zero-order valence-corrected chi connectivity index (χ0v) is 22.5. The summed E-state index contributed by atoms with van der Waals surface area (Å²) in [5.74, 6) is 0.562. The zero-order chi connectivity index (χ0) is 29.1. The van der Waals surface area contributed by atoms with Gasteiger partial charge in [-0.3, -0.25) is 0 Å². The number of hydrogen-bond acceptors (Lipinski definition) is 5. The van der Waals surface area contributed by atoms with Crippen LogP contribution in [0.5, 0.6) is 11.5 Å². The van der Waals surface area contributed by atoms with Crippen molar-refractivity contribution < 1.29 is 15.2 Å². The van der Waals surface area contributed by atoms with Gasteiger partial charge in [0.25, 0.3) is 0 Å². The minimum Gasteiger partial charge on any atom is -0.493 e. The van der Waals surface area contributed by atoms with Gasteiger partial charge in [-0.1, -0.05) is 109 Å². The molecule has 6 nitrogen and oxygen atoms in total. The van der Waals surface area contributed by atoms with E-state index in [-0.39, 0.29) is 17.4 Å². The van der Waals surface area contributed by atoms with Crippen molar-refractivity contribution in [2.45, 2.75) is 5.54 Å². The minimum absolute atomic E-state index is 0.0106. The van der Waals surface area contributed by atoms with Gasteiger partial charge in [0.2, 0.25) is 5.82 Å². The number of aromatic nitrogens is 4. The summed E-state index contributed by atoms with van der Waals surface area (Å²) in [6.45, 7) is 0. The molecule has 0 aliphatic heterocycles. The van der Waals surface area contributed by atoms with Crippen LogP contribution in [0.4, 0.5) is 4.39 Å². The molecule has 0 fully saturated rings. The molecular formula is C34H27FN4O2. The summed E-state index contributed by atoms with van der Waals surface area (Å²) in [5.41, 5.74) is 2.87. The van der Waals surface area contributed by atoms with E-state index in [0.29, 0.717) is 22.6 Å². The van der Waals surface area contributed by atoms with Crippen LogP contribution in [-0.4, -0.2) is 34.4 Å². The first-order chi connectivity index (χ1) is 20.6. The highest BCUT2D eigenvalue weighted by Crippen LogP contribution is 2.41. The predicted octanol–water partition coefficient (Wildman–Crippen LogP) is 7.00. The van der Waals surface area contributed by atoms with Crippen molar-refractivity contribution >= 4 is 0 Å². The second-order valence-electron chi connectivity index (χ2n) is 9.37. The third-order valence-electron chi connectivity index (χ3n) is 7.15. The summed E-state index contributed by atoms with van der Waals surface area (Å²) in [4.78, 5) is 1.58. The third kappa shape index (κ3) is 4.51. The van der Waals surface area contributed by atoms with E-state index in [0.717, 1.165) is 16.7 Å². The fourth-order valence-corrected chi connectivity index (χ4v) is 5.28. The quantitative estimate of drug-likeness (QED) is 0.193. The second-order valence-corrected chi connectivity index (χ2v) is 9.37. The Bertz CT molecular complexity index is 1730. The molecule has 7 heteroatoms. The molecule has 0 radical (unpaired) electrons. The van der Waals surface area contributed by atoms with Gasteiger partial charge < -0.3 is 9.47 Å². The van der Waals surface area contributed by atoms with Crippen molar-refractivity contribution in [2.24, 2.45) is 0 Å². The first-order valence-corrected chi connectivity index (χ1v) is 13.1. The van der Waals surface area contributed by atoms with Crippen molar-refractivity contribution in [3.63, 3.8) is 0 Å². The lowest BCUT2D eigenvalue weighted by molar-refractivity contribution is 0.355. The summed E-state index contributed by atoms with van der Waals surface area (Å²) in [6, 6.07) is 37.7. The molecule has 0 aliphatic carbocycles. The van der Waals surface area contributed by atoms with Gasteiger partial charge in [-0.15, -0.1) is 15.0 Å². The van der Waals surface area contributed by atoms with Crippen molar-refractivity contribution in [1.29, 1.82) is 0 Å². The number of halogens is 1. The van der Waals surface area contributed by atoms with Crippen LogP contribution in [0.15, 0.2) is 127 Å². The maximum absolute atomic E-state index is 15.7. The highest BCUT2D eigenvalue weighted by Gasteiger charge is 2.41. The molecule has 0 N–H and O–H groups in total. The van der Waals surface area contributed by atoms with E-state index in [9.17, 15) is 0 Å². The molecule has 0 saturated heterocycles. The maximum atomic E-state index is 15.7. The van der Waals surface area contributed by atoms with Gasteiger partial charge in [0, 0.05) is 11.1 Å². The first kappa shape index (κ1) is 24.7. The van der Waals surface area contributed by atoms with Gasteiger partial charge in [0.15, 0.2) is 17.0 Å². The number of hydrogen-bond donors (Lipinski definition) is 0. The van der Waals surface area contributed by atoms with Crippen LogP contribution < -0.4 is 9.47 Å². The van der Waals surface area contributed by atoms with Crippen LogP contribution in [-0.2, 0) is 5.54 Å². The van der Waals surface area contributed by atoms with Crippen molar-refractivity contribution in [3.8, 4) is 34.0 Å². The van der Waals surface area contributed by atoms with Crippen molar-refractivity contribution in [1.82, 2.24) is 20.2 Å². The zero-order valence-electron chi connectivity index (χ0n) is 23.5. The Morgan fingerprint density at radius 3 is 1.80 bits per heavy atom. The molecule has 0 atom stereocenters. The second kappa shape index (κ2) is 11.1. The normalized spacial score (nSPS) is 11.6. The van der Waals surface area contributed by atoms with E-state index in [1.54, 1.807) is 36.2 Å². The molecule has 0 aliphatic rings. The molecule has 0 spiro atoms. The van der Waals surface area contributed by atoms with Crippen LogP contribution >= 0.6 is 0 Å². The monoisotopic (exact) mass is 543 g/mol. The van der Waals surface area contributed by atoms with Gasteiger partial charge in [0.05, 0.1) is 15.6 Å². The molecule has 6 rings (SSSR count). The van der Waals surface area contributed by atoms with Gasteiger partial charge in [-0.05, 0) is 45.7 Å². The Labute approximate surface area is 239 Å². The third-order valence-corrected chi connectivity index (χ3v) is 7.15. The number of benzene rings is 5. The predicted molar refractivity (Wildman–Crippen MR) is 156 cm³/mol. The summed E-state index contributed by atoms with van der Waals surface area (Å²) in [7, 11) is 3.06. The SMILES string of the molecule is [2H]c1cc(F)c(-c2ccc(OC)c(OC)c2)c(-c2nnn(C(c3ccccc3)(c3ccccc3)c3ccccc3)n2)c1. The van der Waals surface area contributed by atoms with Gasteiger partial charge in [0.1, 0.15) is 5.82 Å². The van der Waals surface area contributed by atoms with E-state index in [1.807, 2.05) is 91.0 Å². The fourth-order valence-electron chi connectivity index (χ4n) is 5.28. The number of methoxy groups -OCH3 is 2. The Morgan fingerprint density at radius 2 is 1.27 bits per heavy atom. The molecule has 5 aromatic carbocycles. The molecule has 0 unspecified atom stereocenters. The standard InChI is InChI=1S/C34H27FN4O2/c1-40-30-22-21-24(23-31(30)41-2)32-28(19-12-20-29(32)35)33-36-38-39(37-33)34(25-13-6-3-7-14-25,26-15-8-4-9-16-26)27-17-10-5-11-18-27/h3-23H,1-2H3/i12D. The summed E-state index contributed by atoms with van der Waals surface area (Å²) < 4.78 is 34.8. The number of ether oxygens (including phenoxy) is 2. The molecule has 1 aromatic heterocycles. The lowest BCUT2D eigenvalue weighted by Gasteiger charge is -2.34. The summed E-state index contributed by atoms with van der Waals surface area (Å²) in [6.07, 6.45) is 0. The Balaban J connectivity index is 1.61. The number of tetrazole rings is 1. The molecular weight excluding hydrogens is 515 g/mol. The minimum atomic E-state index is -0.990. The lowest BCUT2D eigenvalue weighted by atomic mass is 9.77. The first-order valence-electron chi connectivity index (χ1n) is 13.6. The topological polar surface area (TPSA) is 62.1 Å². The fraction of sp³-hybridized carbons (Fsp3) is 0.0882. The van der Waals surface area contributed by atoms with Gasteiger partial charge in [-0.2, -0.15) is 0 Å². The molecule has 6 aromatic rings. The van der Waals surface area contributed by atoms with Gasteiger partial charge >= 0.3 is 0 Å². The van der Waals surface area contributed by atoms with E-state index < -0.39 is 11.4 Å². The Hall–Kier alpha value is -5.30. The van der Waals surface area contributed by atoms with E-state index in [2.05, 4.69) is 10.3 Å². The van der Waals surface area contributed by atoms with Crippen LogP contribution in [0.3, 0.4) is 0 Å². The summed E-state index contributed by atoms with van der Waals surface area (Å²) >= 11 is 0. The highest BCUT2D eigenvalue weighted by atomic mass is 19.1. The Kier molecular flexibility index (Phi) is 6.67. The molecule has 202 valence electrons. The molecule has 1 heterocycles. The lowest BCUT2D eigenvalue weighted by Crippen LogP contribution is -2.39. The Morgan fingerprint density at radius 1 is 0.707 bits per heavy atom. The smallest absolute Gasteiger partial charge is 0.205 e. The van der Waals surface area contributed by atoms with Crippen molar-refractivity contribution in [2.75, 3.05) is 14.2 Å². The van der Waals surface area contributed by atoms with E-state index >= 15 is 4.39 Å². The molecule has 41 heavy (non-hydrogen) atoms. The largest absolute Gasteiger partial charge is 0.493 e. The highest BCUT2D eigenvalue weighted by molar-refractivity contribution is 5.82. The number of rotatable bonds is 8. The maximum Gasteiger partial charge on any atom is 0.205 e. The number of nitrogens with zero attached hydrogens (tertiary/aromatic N) is 4. The summed E-state index contributed by atoms with van der Waals surface area (Å²) in [5, 5.41) is 14.0. The van der Waals surface area contributed by atoms with Crippen LogP contribution in [0.25, 0.3) is 22.5 Å². The van der Waals surface area contributed by atoms with Gasteiger partial charge in [-0.25, -0.2) is 4.39 Å². The van der Waals surface area contributed by atoms with E-state index in [1.165, 1.54) is 13.2 Å². The van der Waals surface area contributed by atoms with E-state index in [4.69, 9.17) is 15.9 Å². The molecule has 0 saturated carbocycles. The van der Waals surface area contributed by atoms with Crippen molar-refractivity contribution in [3.05, 3.63) is 150 Å². The van der Waals surface area contributed by atoms with Crippen LogP contribution in [0.1, 0.15) is 18.1 Å². The molecule has 0 bridgehead atoms. The average molecular weight is 544 g/mol. The van der Waals surface area contributed by atoms with Crippen LogP contribution in [0.2, 0.25) is 0 Å². The molecule has 0 amide bonds. The van der Waals surface area contributed by atoms with Crippen LogP contribution in [0, 0.1) is 5.82 Å². The average Bonchev–Trinajstić information content (AvgIpc) is 3.53.